The summed E-state index contributed by atoms with van der Waals surface area (Å²) < 4.78 is 6.26. The molecule has 1 N–H and O–H groups in total. The average molecular weight is 310 g/mol. The third-order valence-corrected chi connectivity index (χ3v) is 4.32. The molecule has 0 amide bonds. The van der Waals surface area contributed by atoms with Gasteiger partial charge in [-0.3, -0.25) is 0 Å². The zero-order valence-electron chi connectivity index (χ0n) is 13.7. The van der Waals surface area contributed by atoms with Crippen molar-refractivity contribution >= 4 is 11.6 Å². The molecule has 0 spiro atoms. The summed E-state index contributed by atoms with van der Waals surface area (Å²) in [6, 6.07) is 5.95. The Bertz CT molecular complexity index is 459. The van der Waals surface area contributed by atoms with Crippen LogP contribution >= 0.6 is 11.6 Å². The van der Waals surface area contributed by atoms with Crippen LogP contribution < -0.4 is 10.1 Å². The van der Waals surface area contributed by atoms with Crippen molar-refractivity contribution in [3.05, 3.63) is 28.8 Å². The van der Waals surface area contributed by atoms with Crippen molar-refractivity contribution in [2.24, 2.45) is 5.92 Å². The van der Waals surface area contributed by atoms with Crippen molar-refractivity contribution < 1.29 is 4.74 Å². The Labute approximate surface area is 134 Å². The van der Waals surface area contributed by atoms with Gasteiger partial charge in [-0.1, -0.05) is 18.5 Å². The quantitative estimate of drug-likeness (QED) is 0.827. The fraction of sp³-hybridized carbons (Fsp3) is 0.667. The minimum absolute atomic E-state index is 0.0832. The third-order valence-electron chi connectivity index (χ3n) is 4.09. The summed E-state index contributed by atoms with van der Waals surface area (Å²) in [5.41, 5.74) is 1.23. The molecule has 21 heavy (non-hydrogen) atoms. The van der Waals surface area contributed by atoms with Crippen molar-refractivity contribution in [2.45, 2.75) is 71.6 Å². The molecule has 1 aromatic rings. The topological polar surface area (TPSA) is 21.3 Å². The summed E-state index contributed by atoms with van der Waals surface area (Å²) in [5.74, 6) is 1.83. The van der Waals surface area contributed by atoms with Gasteiger partial charge in [-0.25, -0.2) is 0 Å². The van der Waals surface area contributed by atoms with Crippen LogP contribution in [0.25, 0.3) is 0 Å². The molecule has 0 unspecified atom stereocenters. The lowest BCUT2D eigenvalue weighted by atomic mass is 9.89. The lowest BCUT2D eigenvalue weighted by Crippen LogP contribution is -2.35. The van der Waals surface area contributed by atoms with Crippen LogP contribution in [-0.2, 0) is 6.54 Å². The van der Waals surface area contributed by atoms with Crippen molar-refractivity contribution in [3.8, 4) is 5.75 Å². The van der Waals surface area contributed by atoms with Crippen LogP contribution in [0.5, 0.6) is 5.75 Å². The molecule has 2 nitrogen and oxygen atoms in total. The van der Waals surface area contributed by atoms with Crippen LogP contribution in [0.3, 0.4) is 0 Å². The van der Waals surface area contributed by atoms with Gasteiger partial charge in [0.1, 0.15) is 5.75 Å². The first-order valence-corrected chi connectivity index (χ1v) is 8.41. The molecule has 0 saturated heterocycles. The summed E-state index contributed by atoms with van der Waals surface area (Å²) in [5, 5.41) is 4.28. The van der Waals surface area contributed by atoms with Crippen LogP contribution in [-0.4, -0.2) is 11.6 Å². The lowest BCUT2D eigenvalue weighted by molar-refractivity contribution is 0.134. The van der Waals surface area contributed by atoms with Gasteiger partial charge in [0.2, 0.25) is 0 Å². The van der Waals surface area contributed by atoms with E-state index in [0.717, 1.165) is 41.6 Å². The highest BCUT2D eigenvalue weighted by atomic mass is 35.5. The normalized spacial score (nSPS) is 23.1. The molecule has 2 rings (SSSR count). The molecule has 1 aliphatic rings. The van der Waals surface area contributed by atoms with Gasteiger partial charge in [-0.2, -0.15) is 0 Å². The predicted octanol–water partition coefficient (Wildman–Crippen LogP) is 5.19. The molecule has 1 aliphatic carbocycles. The SMILES string of the molecule is CC1CCC(Oc2ccc(Cl)cc2CNC(C)(C)C)CC1. The van der Waals surface area contributed by atoms with E-state index in [2.05, 4.69) is 33.0 Å². The fourth-order valence-electron chi connectivity index (χ4n) is 2.69. The Balaban J connectivity index is 2.04. The monoisotopic (exact) mass is 309 g/mol. The molecule has 3 heteroatoms. The number of benzene rings is 1. The van der Waals surface area contributed by atoms with E-state index >= 15 is 0 Å². The molecule has 0 radical (unpaired) electrons. The van der Waals surface area contributed by atoms with Gasteiger partial charge in [0.15, 0.2) is 0 Å². The molecule has 0 aliphatic heterocycles. The van der Waals surface area contributed by atoms with Crippen LogP contribution in [0, 0.1) is 5.92 Å². The first-order chi connectivity index (χ1) is 9.83. The van der Waals surface area contributed by atoms with E-state index < -0.39 is 0 Å². The molecule has 1 aromatic carbocycles. The summed E-state index contributed by atoms with van der Waals surface area (Å²) in [4.78, 5) is 0. The van der Waals surface area contributed by atoms with E-state index in [4.69, 9.17) is 16.3 Å². The molecule has 1 fully saturated rings. The minimum Gasteiger partial charge on any atom is -0.490 e. The zero-order chi connectivity index (χ0) is 15.5. The Morgan fingerprint density at radius 3 is 2.48 bits per heavy atom. The largest absolute Gasteiger partial charge is 0.490 e. The van der Waals surface area contributed by atoms with Gasteiger partial charge >= 0.3 is 0 Å². The van der Waals surface area contributed by atoms with Crippen LogP contribution in [0.1, 0.15) is 58.9 Å². The second-order valence-corrected chi connectivity index (χ2v) is 7.79. The van der Waals surface area contributed by atoms with Gasteiger partial charge in [0.25, 0.3) is 0 Å². The molecular weight excluding hydrogens is 282 g/mol. The van der Waals surface area contributed by atoms with Crippen molar-refractivity contribution in [3.63, 3.8) is 0 Å². The van der Waals surface area contributed by atoms with Gasteiger partial charge < -0.3 is 10.1 Å². The lowest BCUT2D eigenvalue weighted by Gasteiger charge is -2.28. The number of nitrogens with one attached hydrogen (secondary N) is 1. The highest BCUT2D eigenvalue weighted by Crippen LogP contribution is 2.30. The van der Waals surface area contributed by atoms with Crippen molar-refractivity contribution in [2.75, 3.05) is 0 Å². The highest BCUT2D eigenvalue weighted by Gasteiger charge is 2.21. The maximum absolute atomic E-state index is 6.26. The maximum Gasteiger partial charge on any atom is 0.124 e. The highest BCUT2D eigenvalue weighted by molar-refractivity contribution is 6.30. The Kier molecular flexibility index (Phi) is 5.56. The van der Waals surface area contributed by atoms with Gasteiger partial charge in [-0.05, 0) is 70.6 Å². The van der Waals surface area contributed by atoms with E-state index in [-0.39, 0.29) is 5.54 Å². The van der Waals surface area contributed by atoms with Gasteiger partial charge in [0, 0.05) is 22.7 Å². The van der Waals surface area contributed by atoms with Crippen LogP contribution in [0.4, 0.5) is 0 Å². The Morgan fingerprint density at radius 1 is 1.19 bits per heavy atom. The van der Waals surface area contributed by atoms with E-state index in [1.165, 1.54) is 12.8 Å². The predicted molar refractivity (Wildman–Crippen MR) is 90.1 cm³/mol. The first kappa shape index (κ1) is 16.6. The second kappa shape index (κ2) is 7.02. The van der Waals surface area contributed by atoms with E-state index in [1.807, 2.05) is 18.2 Å². The number of rotatable bonds is 4. The van der Waals surface area contributed by atoms with Gasteiger partial charge in [-0.15, -0.1) is 0 Å². The summed E-state index contributed by atoms with van der Waals surface area (Å²) in [7, 11) is 0. The first-order valence-electron chi connectivity index (χ1n) is 8.03. The van der Waals surface area contributed by atoms with Crippen LogP contribution in [0.15, 0.2) is 18.2 Å². The van der Waals surface area contributed by atoms with Crippen LogP contribution in [0.2, 0.25) is 5.02 Å². The van der Waals surface area contributed by atoms with Gasteiger partial charge in [0.05, 0.1) is 6.10 Å². The Hall–Kier alpha value is -0.730. The molecule has 118 valence electrons. The number of ether oxygens (including phenoxy) is 1. The van der Waals surface area contributed by atoms with E-state index in [9.17, 15) is 0 Å². The molecular formula is C18H28ClNO. The number of halogens is 1. The molecule has 0 atom stereocenters. The average Bonchev–Trinajstić information content (AvgIpc) is 2.40. The van der Waals surface area contributed by atoms with Crippen molar-refractivity contribution in [1.82, 2.24) is 5.32 Å². The molecule has 0 bridgehead atoms. The smallest absolute Gasteiger partial charge is 0.124 e. The number of hydrogen-bond donors (Lipinski definition) is 1. The van der Waals surface area contributed by atoms with E-state index in [0.29, 0.717) is 6.10 Å². The summed E-state index contributed by atoms with van der Waals surface area (Å²) >= 11 is 6.15. The minimum atomic E-state index is 0.0832. The standard InChI is InChI=1S/C18H28ClNO/c1-13-5-8-16(9-6-13)21-17-10-7-15(19)11-14(17)12-20-18(2,3)4/h7,10-11,13,16,20H,5-6,8-9,12H2,1-4H3. The molecule has 0 aromatic heterocycles. The Morgan fingerprint density at radius 2 is 1.86 bits per heavy atom. The zero-order valence-corrected chi connectivity index (χ0v) is 14.5. The fourth-order valence-corrected chi connectivity index (χ4v) is 2.88. The molecule has 0 heterocycles. The molecule has 1 saturated carbocycles. The van der Waals surface area contributed by atoms with Crippen molar-refractivity contribution in [1.29, 1.82) is 0 Å². The maximum atomic E-state index is 6.26. The summed E-state index contributed by atoms with van der Waals surface area (Å²) in [6.45, 7) is 9.61. The van der Waals surface area contributed by atoms with E-state index in [1.54, 1.807) is 0 Å². The second-order valence-electron chi connectivity index (χ2n) is 7.36. The third kappa shape index (κ3) is 5.52. The number of hydrogen-bond acceptors (Lipinski definition) is 2. The summed E-state index contributed by atoms with van der Waals surface area (Å²) in [6.07, 6.45) is 5.23.